The zero-order valence-corrected chi connectivity index (χ0v) is 21.2. The van der Waals surface area contributed by atoms with E-state index in [2.05, 4.69) is 14.8 Å². The zero-order valence-electron chi connectivity index (χ0n) is 21.2. The number of anilines is 1. The van der Waals surface area contributed by atoms with Crippen molar-refractivity contribution in [2.45, 2.75) is 56.5 Å². The first kappa shape index (κ1) is 26.3. The molecule has 2 aliphatic rings. The van der Waals surface area contributed by atoms with Crippen LogP contribution in [-0.2, 0) is 26.9 Å². The Balaban J connectivity index is 1.46. The van der Waals surface area contributed by atoms with Crippen LogP contribution < -0.4 is 14.8 Å². The van der Waals surface area contributed by atoms with Gasteiger partial charge in [0, 0.05) is 29.7 Å². The van der Waals surface area contributed by atoms with Crippen LogP contribution in [0.2, 0.25) is 0 Å². The molecular formula is C27H29F3N2O6. The Labute approximate surface area is 216 Å². The Bertz CT molecular complexity index is 1400. The lowest BCUT2D eigenvalue weighted by Gasteiger charge is -2.25. The molecule has 0 saturated heterocycles. The molecule has 3 N–H and O–H groups in total. The van der Waals surface area contributed by atoms with Crippen LogP contribution in [0.5, 0.6) is 11.5 Å². The predicted molar refractivity (Wildman–Crippen MR) is 132 cm³/mol. The smallest absolute Gasteiger partial charge is 0.395 e. The number of amides is 1. The molecule has 1 aliphatic heterocycles. The van der Waals surface area contributed by atoms with Gasteiger partial charge in [0.15, 0.2) is 11.5 Å². The molecular weight excluding hydrogens is 505 g/mol. The standard InChI is InChI=1S/C27H29F3N2O6/c1-25(2,14-33)23-9-15-8-19(18(28)11-20(15)32(23)12-17(34)13-36-3)31-24(35)26(6-7-26)16-4-5-21-22(10-16)38-27(29,30)37-21/h4-5,8-11,17,33-34H,6-7,12-14H2,1-3H3,(H,31,35)/t17-/m0/s1. The van der Waals surface area contributed by atoms with Gasteiger partial charge in [-0.05, 0) is 42.7 Å². The number of nitrogens with zero attached hydrogens (tertiary/aromatic N) is 1. The number of rotatable bonds is 9. The predicted octanol–water partition coefficient (Wildman–Crippen LogP) is 4.05. The molecule has 8 nitrogen and oxygen atoms in total. The molecule has 1 amide bonds. The van der Waals surface area contributed by atoms with E-state index in [9.17, 15) is 23.8 Å². The summed E-state index contributed by atoms with van der Waals surface area (Å²) in [6.07, 6.45) is -3.71. The van der Waals surface area contributed by atoms with E-state index < -0.39 is 35.0 Å². The molecule has 0 unspecified atom stereocenters. The molecule has 0 bridgehead atoms. The number of methoxy groups -OCH3 is 1. The molecule has 3 aromatic rings. The molecule has 11 heteroatoms. The first-order valence-electron chi connectivity index (χ1n) is 12.2. The number of hydrogen-bond acceptors (Lipinski definition) is 6. The van der Waals surface area contributed by atoms with Gasteiger partial charge in [0.25, 0.3) is 0 Å². The number of hydrogen-bond donors (Lipinski definition) is 3. The molecule has 1 aliphatic carbocycles. The summed E-state index contributed by atoms with van der Waals surface area (Å²) in [5, 5.41) is 23.6. The number of nitrogens with one attached hydrogen (secondary N) is 1. The topological polar surface area (TPSA) is 102 Å². The van der Waals surface area contributed by atoms with Crippen LogP contribution >= 0.6 is 0 Å². The van der Waals surface area contributed by atoms with E-state index in [1.54, 1.807) is 10.6 Å². The fourth-order valence-corrected chi connectivity index (χ4v) is 4.93. The third-order valence-electron chi connectivity index (χ3n) is 7.22. The van der Waals surface area contributed by atoms with Crippen molar-refractivity contribution in [3.05, 3.63) is 53.5 Å². The fraction of sp³-hybridized carbons (Fsp3) is 0.444. The first-order chi connectivity index (χ1) is 17.9. The van der Waals surface area contributed by atoms with Crippen LogP contribution in [0.4, 0.5) is 18.9 Å². The lowest BCUT2D eigenvalue weighted by atomic mass is 9.90. The van der Waals surface area contributed by atoms with Crippen molar-refractivity contribution in [3.8, 4) is 11.5 Å². The average molecular weight is 535 g/mol. The first-order valence-corrected chi connectivity index (χ1v) is 12.2. The van der Waals surface area contributed by atoms with Crippen LogP contribution in [0.3, 0.4) is 0 Å². The number of benzene rings is 2. The number of aliphatic hydroxyl groups is 2. The minimum atomic E-state index is -3.77. The van der Waals surface area contributed by atoms with Gasteiger partial charge >= 0.3 is 6.29 Å². The molecule has 38 heavy (non-hydrogen) atoms. The second-order valence-electron chi connectivity index (χ2n) is 10.5. The van der Waals surface area contributed by atoms with Crippen molar-refractivity contribution >= 4 is 22.5 Å². The highest BCUT2D eigenvalue weighted by Gasteiger charge is 2.53. The number of carbonyl (C=O) groups excluding carboxylic acids is 1. The van der Waals surface area contributed by atoms with Gasteiger partial charge in [0.05, 0.1) is 42.5 Å². The van der Waals surface area contributed by atoms with Crippen molar-refractivity contribution in [1.29, 1.82) is 0 Å². The minimum absolute atomic E-state index is 0.0380. The van der Waals surface area contributed by atoms with Crippen molar-refractivity contribution in [2.24, 2.45) is 0 Å². The van der Waals surface area contributed by atoms with E-state index in [0.29, 0.717) is 35.0 Å². The quantitative estimate of drug-likeness (QED) is 0.383. The summed E-state index contributed by atoms with van der Waals surface area (Å²) in [5.74, 6) is -1.42. The van der Waals surface area contributed by atoms with E-state index in [0.717, 1.165) is 0 Å². The monoisotopic (exact) mass is 534 g/mol. The summed E-state index contributed by atoms with van der Waals surface area (Å²) in [6, 6.07) is 8.81. The second-order valence-corrected chi connectivity index (χ2v) is 10.5. The molecule has 204 valence electrons. The number of aliphatic hydroxyl groups excluding tert-OH is 2. The van der Waals surface area contributed by atoms with Crippen LogP contribution in [-0.4, -0.2) is 53.4 Å². The molecule has 5 rings (SSSR count). The Morgan fingerprint density at radius 1 is 1.18 bits per heavy atom. The largest absolute Gasteiger partial charge is 0.586 e. The number of ether oxygens (including phenoxy) is 3. The molecule has 1 fully saturated rings. The van der Waals surface area contributed by atoms with Crippen molar-refractivity contribution in [1.82, 2.24) is 4.57 Å². The zero-order chi connectivity index (χ0) is 27.5. The summed E-state index contributed by atoms with van der Waals surface area (Å²) in [6.45, 7) is 3.68. The third kappa shape index (κ3) is 4.59. The summed E-state index contributed by atoms with van der Waals surface area (Å²) in [7, 11) is 1.47. The maximum Gasteiger partial charge on any atom is 0.586 e. The van der Waals surface area contributed by atoms with E-state index in [1.807, 2.05) is 13.8 Å². The molecule has 1 saturated carbocycles. The number of aromatic nitrogens is 1. The van der Waals surface area contributed by atoms with Crippen LogP contribution in [0.15, 0.2) is 36.4 Å². The summed E-state index contributed by atoms with van der Waals surface area (Å²) >= 11 is 0. The summed E-state index contributed by atoms with van der Waals surface area (Å²) < 4.78 is 57.9. The Morgan fingerprint density at radius 3 is 2.55 bits per heavy atom. The molecule has 2 aromatic carbocycles. The van der Waals surface area contributed by atoms with Crippen LogP contribution in [0, 0.1) is 5.82 Å². The van der Waals surface area contributed by atoms with Gasteiger partial charge in [0.2, 0.25) is 5.91 Å². The normalized spacial score (nSPS) is 18.0. The van der Waals surface area contributed by atoms with Crippen LogP contribution in [0.1, 0.15) is 37.9 Å². The van der Waals surface area contributed by atoms with Crippen molar-refractivity contribution in [3.63, 3.8) is 0 Å². The van der Waals surface area contributed by atoms with Gasteiger partial charge in [-0.1, -0.05) is 19.9 Å². The highest BCUT2D eigenvalue weighted by molar-refractivity contribution is 6.02. The lowest BCUT2D eigenvalue weighted by Crippen LogP contribution is -2.29. The molecule has 0 spiro atoms. The van der Waals surface area contributed by atoms with Gasteiger partial charge in [-0.3, -0.25) is 4.79 Å². The highest BCUT2D eigenvalue weighted by Crippen LogP contribution is 2.52. The molecule has 1 aromatic heterocycles. The number of carbonyl (C=O) groups is 1. The summed E-state index contributed by atoms with van der Waals surface area (Å²) in [5.41, 5.74) is -0.0858. The van der Waals surface area contributed by atoms with Gasteiger partial charge in [0.1, 0.15) is 5.82 Å². The second kappa shape index (κ2) is 9.18. The van der Waals surface area contributed by atoms with E-state index in [1.165, 1.54) is 37.4 Å². The third-order valence-corrected chi connectivity index (χ3v) is 7.22. The van der Waals surface area contributed by atoms with Gasteiger partial charge < -0.3 is 34.3 Å². The van der Waals surface area contributed by atoms with Crippen molar-refractivity contribution in [2.75, 3.05) is 25.6 Å². The maximum absolute atomic E-state index is 15.3. The number of alkyl halides is 2. The van der Waals surface area contributed by atoms with E-state index in [4.69, 9.17) is 4.74 Å². The molecule has 2 heterocycles. The molecule has 1 atom stereocenters. The SMILES string of the molecule is COC[C@@H](O)Cn1c(C(C)(C)CO)cc2cc(NC(=O)C3(c4ccc5c(c4)OC(F)(F)O5)CC3)c(F)cc21. The number of fused-ring (bicyclic) bond motifs is 2. The fourth-order valence-electron chi connectivity index (χ4n) is 4.93. The Morgan fingerprint density at radius 2 is 1.89 bits per heavy atom. The highest BCUT2D eigenvalue weighted by atomic mass is 19.3. The van der Waals surface area contributed by atoms with Gasteiger partial charge in [-0.25, -0.2) is 4.39 Å². The Hall–Kier alpha value is -3.28. The number of halogens is 3. The Kier molecular flexibility index (Phi) is 6.36. The molecule has 0 radical (unpaired) electrons. The lowest BCUT2D eigenvalue weighted by molar-refractivity contribution is -0.286. The van der Waals surface area contributed by atoms with E-state index >= 15 is 4.39 Å². The van der Waals surface area contributed by atoms with Gasteiger partial charge in [-0.2, -0.15) is 0 Å². The summed E-state index contributed by atoms with van der Waals surface area (Å²) in [4.78, 5) is 13.3. The van der Waals surface area contributed by atoms with E-state index in [-0.39, 0.29) is 36.9 Å². The van der Waals surface area contributed by atoms with Crippen molar-refractivity contribution < 1.29 is 42.4 Å². The van der Waals surface area contributed by atoms with Crippen LogP contribution in [0.25, 0.3) is 10.9 Å². The van der Waals surface area contributed by atoms with Gasteiger partial charge in [-0.15, -0.1) is 8.78 Å². The minimum Gasteiger partial charge on any atom is -0.395 e. The average Bonchev–Trinajstić information content (AvgIpc) is 3.50. The maximum atomic E-state index is 15.3.